The fourth-order valence-corrected chi connectivity index (χ4v) is 1.98. The van der Waals surface area contributed by atoms with Crippen LogP contribution in [0, 0.1) is 0 Å². The lowest BCUT2D eigenvalue weighted by atomic mass is 10.4. The summed E-state index contributed by atoms with van der Waals surface area (Å²) >= 11 is 0. The van der Waals surface area contributed by atoms with Gasteiger partial charge in [0.2, 0.25) is 5.95 Å². The molecule has 0 bridgehead atoms. The van der Waals surface area contributed by atoms with E-state index in [2.05, 4.69) is 15.3 Å². The Morgan fingerprint density at radius 1 is 1.42 bits per heavy atom. The molecule has 2 rings (SSSR count). The summed E-state index contributed by atoms with van der Waals surface area (Å²) in [7, 11) is 1.58. The van der Waals surface area contributed by atoms with Crippen LogP contribution in [0.2, 0.25) is 0 Å². The highest BCUT2D eigenvalue weighted by Gasteiger charge is 2.15. The smallest absolute Gasteiger partial charge is 0.329 e. The Labute approximate surface area is 109 Å². The van der Waals surface area contributed by atoms with Crippen molar-refractivity contribution in [3.63, 3.8) is 0 Å². The number of nitrogens with one attached hydrogen (secondary N) is 2. The van der Waals surface area contributed by atoms with Gasteiger partial charge in [0.25, 0.3) is 5.56 Å². The second kappa shape index (κ2) is 5.27. The zero-order valence-electron chi connectivity index (χ0n) is 11.1. The summed E-state index contributed by atoms with van der Waals surface area (Å²) in [5.41, 5.74) is 5.34. The van der Waals surface area contributed by atoms with E-state index in [-0.39, 0.29) is 0 Å². The summed E-state index contributed by atoms with van der Waals surface area (Å²) in [5.74, 6) is 0.581. The van der Waals surface area contributed by atoms with Crippen molar-refractivity contribution in [2.75, 3.05) is 18.4 Å². The molecule has 0 saturated heterocycles. The lowest BCUT2D eigenvalue weighted by molar-refractivity contribution is 0.770. The number of anilines is 1. The molecule has 104 valence electrons. The van der Waals surface area contributed by atoms with Crippen LogP contribution >= 0.6 is 0 Å². The van der Waals surface area contributed by atoms with Crippen LogP contribution in [-0.4, -0.2) is 32.2 Å². The van der Waals surface area contributed by atoms with Gasteiger partial charge >= 0.3 is 5.69 Å². The molecule has 0 aliphatic heterocycles. The Kier molecular flexibility index (Phi) is 3.70. The first-order valence-corrected chi connectivity index (χ1v) is 6.23. The molecule has 0 atom stereocenters. The summed E-state index contributed by atoms with van der Waals surface area (Å²) in [5, 5.41) is 3.13. The average Bonchev–Trinajstić information content (AvgIpc) is 2.75. The fourth-order valence-electron chi connectivity index (χ4n) is 1.98. The maximum atomic E-state index is 11.9. The summed E-state index contributed by atoms with van der Waals surface area (Å²) in [6, 6.07) is 0. The van der Waals surface area contributed by atoms with Gasteiger partial charge in [-0.3, -0.25) is 14.3 Å². The van der Waals surface area contributed by atoms with E-state index >= 15 is 0 Å². The van der Waals surface area contributed by atoms with E-state index in [9.17, 15) is 9.59 Å². The number of H-pyrrole nitrogens is 1. The highest BCUT2D eigenvalue weighted by Crippen LogP contribution is 2.14. The van der Waals surface area contributed by atoms with Crippen LogP contribution in [0.15, 0.2) is 9.59 Å². The fraction of sp³-hybridized carbons (Fsp3) is 0.545. The average molecular weight is 266 g/mol. The predicted octanol–water partition coefficient (Wildman–Crippen LogP) is -0.796. The maximum Gasteiger partial charge on any atom is 0.329 e. The Balaban J connectivity index is 2.60. The summed E-state index contributed by atoms with van der Waals surface area (Å²) < 4.78 is 3.08. The van der Waals surface area contributed by atoms with Crippen LogP contribution in [0.4, 0.5) is 5.95 Å². The van der Waals surface area contributed by atoms with E-state index in [0.717, 1.165) is 6.42 Å². The molecule has 0 unspecified atom stereocenters. The molecule has 8 heteroatoms. The Morgan fingerprint density at radius 3 is 2.79 bits per heavy atom. The highest BCUT2D eigenvalue weighted by molar-refractivity contribution is 5.74. The van der Waals surface area contributed by atoms with E-state index in [1.807, 2.05) is 6.92 Å². The van der Waals surface area contributed by atoms with E-state index in [0.29, 0.717) is 36.7 Å². The second-order valence-corrected chi connectivity index (χ2v) is 4.24. The highest BCUT2D eigenvalue weighted by atomic mass is 16.2. The molecule has 0 radical (unpaired) electrons. The van der Waals surface area contributed by atoms with Gasteiger partial charge in [0, 0.05) is 20.1 Å². The quantitative estimate of drug-likeness (QED) is 0.614. The van der Waals surface area contributed by atoms with Crippen LogP contribution in [0.1, 0.15) is 13.3 Å². The minimum atomic E-state index is -0.466. The third-order valence-corrected chi connectivity index (χ3v) is 2.99. The minimum absolute atomic E-state index is 0.380. The number of nitrogens with zero attached hydrogens (tertiary/aromatic N) is 3. The summed E-state index contributed by atoms with van der Waals surface area (Å²) in [4.78, 5) is 30.1. The first-order valence-electron chi connectivity index (χ1n) is 6.23. The van der Waals surface area contributed by atoms with Gasteiger partial charge in [0.15, 0.2) is 11.2 Å². The third kappa shape index (κ3) is 2.26. The number of rotatable bonds is 5. The van der Waals surface area contributed by atoms with Gasteiger partial charge in [-0.25, -0.2) is 4.79 Å². The number of hydrogen-bond donors (Lipinski definition) is 3. The first kappa shape index (κ1) is 13.3. The van der Waals surface area contributed by atoms with Crippen molar-refractivity contribution in [3.05, 3.63) is 20.8 Å². The molecule has 2 aromatic heterocycles. The predicted molar refractivity (Wildman–Crippen MR) is 73.4 cm³/mol. The van der Waals surface area contributed by atoms with Crippen LogP contribution < -0.4 is 22.3 Å². The molecular weight excluding hydrogens is 248 g/mol. The third-order valence-electron chi connectivity index (χ3n) is 2.99. The number of hydrogen-bond acceptors (Lipinski definition) is 5. The van der Waals surface area contributed by atoms with Gasteiger partial charge in [-0.15, -0.1) is 0 Å². The maximum absolute atomic E-state index is 11.9. The second-order valence-electron chi connectivity index (χ2n) is 4.24. The van der Waals surface area contributed by atoms with Crippen molar-refractivity contribution in [3.8, 4) is 0 Å². The molecule has 19 heavy (non-hydrogen) atoms. The molecule has 0 saturated carbocycles. The zero-order chi connectivity index (χ0) is 14.0. The van der Waals surface area contributed by atoms with Crippen LogP contribution in [0.3, 0.4) is 0 Å². The zero-order valence-corrected chi connectivity index (χ0v) is 11.1. The molecule has 4 N–H and O–H groups in total. The van der Waals surface area contributed by atoms with Crippen LogP contribution in [0.25, 0.3) is 11.2 Å². The largest absolute Gasteiger partial charge is 0.356 e. The molecule has 0 amide bonds. The van der Waals surface area contributed by atoms with Crippen LogP contribution in [0.5, 0.6) is 0 Å². The van der Waals surface area contributed by atoms with Crippen molar-refractivity contribution in [1.82, 2.24) is 19.1 Å². The van der Waals surface area contributed by atoms with Gasteiger partial charge in [-0.2, -0.15) is 4.98 Å². The van der Waals surface area contributed by atoms with Crippen molar-refractivity contribution >= 4 is 17.1 Å². The van der Waals surface area contributed by atoms with Gasteiger partial charge in [-0.1, -0.05) is 0 Å². The van der Waals surface area contributed by atoms with E-state index in [1.165, 1.54) is 4.57 Å². The van der Waals surface area contributed by atoms with Crippen molar-refractivity contribution in [2.45, 2.75) is 19.9 Å². The number of fused-ring (bicyclic) bond motifs is 1. The van der Waals surface area contributed by atoms with Gasteiger partial charge < -0.3 is 15.6 Å². The summed E-state index contributed by atoms with van der Waals surface area (Å²) in [6.45, 7) is 3.76. The van der Waals surface area contributed by atoms with Crippen LogP contribution in [-0.2, 0) is 13.6 Å². The molecule has 0 fully saturated rings. The first-order chi connectivity index (χ1) is 9.10. The van der Waals surface area contributed by atoms with Crippen molar-refractivity contribution < 1.29 is 0 Å². The molecule has 2 aromatic rings. The molecule has 0 aliphatic rings. The number of aromatic nitrogens is 4. The van der Waals surface area contributed by atoms with E-state index < -0.39 is 11.2 Å². The van der Waals surface area contributed by atoms with Gasteiger partial charge in [0.1, 0.15) is 0 Å². The van der Waals surface area contributed by atoms with E-state index in [1.54, 1.807) is 11.6 Å². The SMILES string of the molecule is CCn1c(NCCCN)nc2c1c(=O)[nH]c(=O)n2C. The lowest BCUT2D eigenvalue weighted by Crippen LogP contribution is -2.29. The minimum Gasteiger partial charge on any atom is -0.356 e. The number of nitrogens with two attached hydrogens (primary N) is 1. The van der Waals surface area contributed by atoms with E-state index in [4.69, 9.17) is 5.73 Å². The van der Waals surface area contributed by atoms with Gasteiger partial charge in [-0.05, 0) is 19.9 Å². The Hall–Kier alpha value is -2.09. The van der Waals surface area contributed by atoms with Crippen molar-refractivity contribution in [2.24, 2.45) is 12.8 Å². The molecule has 0 spiro atoms. The molecular formula is C11H18N6O2. The Morgan fingerprint density at radius 2 is 2.16 bits per heavy atom. The number of aryl methyl sites for hydroxylation is 2. The topological polar surface area (TPSA) is 111 Å². The molecule has 0 aromatic carbocycles. The lowest BCUT2D eigenvalue weighted by Gasteiger charge is -2.06. The molecule has 0 aliphatic carbocycles. The Bertz CT molecular complexity index is 695. The van der Waals surface area contributed by atoms with Crippen molar-refractivity contribution in [1.29, 1.82) is 0 Å². The summed E-state index contributed by atoms with van der Waals surface area (Å²) in [6.07, 6.45) is 0.808. The molecule has 8 nitrogen and oxygen atoms in total. The number of imidazole rings is 1. The molecule has 2 heterocycles. The van der Waals surface area contributed by atoms with Gasteiger partial charge in [0.05, 0.1) is 0 Å². The standard InChI is InChI=1S/C11H18N6O2/c1-3-17-7-8(14-10(17)13-6-4-5-12)16(2)11(19)15-9(7)18/h3-6,12H2,1-2H3,(H,13,14)(H,15,18,19). The normalized spacial score (nSPS) is 11.1. The number of aromatic amines is 1. The monoisotopic (exact) mass is 266 g/mol.